The molecular weight excluding hydrogens is 122 g/mol. The zero-order chi connectivity index (χ0) is 5.56. The SMILES string of the molecule is O=C1C[C@H]2SCCN12. The summed E-state index contributed by atoms with van der Waals surface area (Å²) >= 11 is 1.90. The molecule has 2 aliphatic rings. The molecular formula is C5H7NOS. The molecule has 3 heteroatoms. The minimum absolute atomic E-state index is 0.347. The topological polar surface area (TPSA) is 20.3 Å². The summed E-state index contributed by atoms with van der Waals surface area (Å²) in [5, 5.41) is 0.572. The van der Waals surface area contributed by atoms with Crippen LogP contribution in [-0.2, 0) is 4.79 Å². The molecule has 0 aromatic carbocycles. The molecule has 1 atom stereocenters. The number of fused-ring (bicyclic) bond motifs is 1. The van der Waals surface area contributed by atoms with Crippen LogP contribution in [0.4, 0.5) is 0 Å². The maximum atomic E-state index is 10.6. The van der Waals surface area contributed by atoms with Crippen molar-refractivity contribution in [3.05, 3.63) is 0 Å². The first-order chi connectivity index (χ1) is 3.88. The number of hydrogen-bond donors (Lipinski definition) is 0. The molecule has 2 nitrogen and oxygen atoms in total. The van der Waals surface area contributed by atoms with E-state index in [4.69, 9.17) is 0 Å². The lowest BCUT2D eigenvalue weighted by Gasteiger charge is -2.32. The van der Waals surface area contributed by atoms with Gasteiger partial charge in [-0.2, -0.15) is 0 Å². The van der Waals surface area contributed by atoms with E-state index < -0.39 is 0 Å². The van der Waals surface area contributed by atoms with Crippen molar-refractivity contribution in [2.24, 2.45) is 0 Å². The van der Waals surface area contributed by atoms with Crippen molar-refractivity contribution in [2.45, 2.75) is 11.8 Å². The normalized spacial score (nSPS) is 34.8. The predicted molar refractivity (Wildman–Crippen MR) is 32.6 cm³/mol. The van der Waals surface area contributed by atoms with Gasteiger partial charge in [0.25, 0.3) is 0 Å². The Morgan fingerprint density at radius 3 is 3.12 bits per heavy atom. The lowest BCUT2D eigenvalue weighted by molar-refractivity contribution is -0.140. The van der Waals surface area contributed by atoms with Crippen molar-refractivity contribution < 1.29 is 4.79 Å². The first kappa shape index (κ1) is 4.68. The Balaban J connectivity index is 2.11. The van der Waals surface area contributed by atoms with Crippen molar-refractivity contribution >= 4 is 17.7 Å². The molecule has 2 fully saturated rings. The molecule has 0 radical (unpaired) electrons. The number of carbonyl (C=O) groups excluding carboxylic acids is 1. The first-order valence-electron chi connectivity index (χ1n) is 2.79. The largest absolute Gasteiger partial charge is 0.329 e. The molecule has 2 saturated heterocycles. The van der Waals surface area contributed by atoms with Gasteiger partial charge >= 0.3 is 0 Å². The monoisotopic (exact) mass is 129 g/mol. The number of rotatable bonds is 0. The average Bonchev–Trinajstić information content (AvgIpc) is 2.09. The van der Waals surface area contributed by atoms with E-state index in [1.54, 1.807) is 0 Å². The van der Waals surface area contributed by atoms with E-state index in [1.807, 2.05) is 16.7 Å². The smallest absolute Gasteiger partial charge is 0.226 e. The third kappa shape index (κ3) is 0.426. The Bertz CT molecular complexity index is 136. The molecule has 44 valence electrons. The van der Waals surface area contributed by atoms with Crippen molar-refractivity contribution in [3.8, 4) is 0 Å². The van der Waals surface area contributed by atoms with Crippen molar-refractivity contribution in [3.63, 3.8) is 0 Å². The van der Waals surface area contributed by atoms with Crippen LogP contribution in [0.15, 0.2) is 0 Å². The van der Waals surface area contributed by atoms with Gasteiger partial charge < -0.3 is 4.90 Å². The number of carbonyl (C=O) groups is 1. The van der Waals surface area contributed by atoms with Crippen LogP contribution in [0.25, 0.3) is 0 Å². The Labute approximate surface area is 52.2 Å². The summed E-state index contributed by atoms with van der Waals surface area (Å²) in [6.07, 6.45) is 0.796. The van der Waals surface area contributed by atoms with Crippen LogP contribution in [0.2, 0.25) is 0 Å². The summed E-state index contributed by atoms with van der Waals surface area (Å²) in [6.45, 7) is 0.994. The number of thioether (sulfide) groups is 1. The van der Waals surface area contributed by atoms with E-state index in [2.05, 4.69) is 0 Å². The molecule has 0 aromatic rings. The summed E-state index contributed by atoms with van der Waals surface area (Å²) in [7, 11) is 0. The molecule has 0 bridgehead atoms. The third-order valence-corrected chi connectivity index (χ3v) is 2.88. The minimum atomic E-state index is 0.347. The summed E-state index contributed by atoms with van der Waals surface area (Å²) in [4.78, 5) is 12.6. The highest BCUT2D eigenvalue weighted by Gasteiger charge is 2.39. The Morgan fingerprint density at radius 2 is 2.62 bits per heavy atom. The summed E-state index contributed by atoms with van der Waals surface area (Å²) in [6, 6.07) is 0. The summed E-state index contributed by atoms with van der Waals surface area (Å²) in [5.74, 6) is 1.50. The van der Waals surface area contributed by atoms with Crippen LogP contribution < -0.4 is 0 Å². The van der Waals surface area contributed by atoms with Gasteiger partial charge in [0.1, 0.15) is 0 Å². The Morgan fingerprint density at radius 1 is 1.75 bits per heavy atom. The average molecular weight is 129 g/mol. The van der Waals surface area contributed by atoms with Crippen LogP contribution in [0.1, 0.15) is 6.42 Å². The maximum Gasteiger partial charge on any atom is 0.226 e. The van der Waals surface area contributed by atoms with Gasteiger partial charge in [-0.25, -0.2) is 0 Å². The van der Waals surface area contributed by atoms with Crippen LogP contribution in [0.3, 0.4) is 0 Å². The third-order valence-electron chi connectivity index (χ3n) is 1.66. The Kier molecular flexibility index (Phi) is 0.821. The highest BCUT2D eigenvalue weighted by atomic mass is 32.2. The van der Waals surface area contributed by atoms with Gasteiger partial charge in [-0.1, -0.05) is 0 Å². The lowest BCUT2D eigenvalue weighted by atomic mass is 10.2. The zero-order valence-electron chi connectivity index (χ0n) is 4.46. The molecule has 0 saturated carbocycles. The van der Waals surface area contributed by atoms with Crippen LogP contribution >= 0.6 is 11.8 Å². The van der Waals surface area contributed by atoms with E-state index in [-0.39, 0.29) is 0 Å². The van der Waals surface area contributed by atoms with E-state index in [1.165, 1.54) is 0 Å². The van der Waals surface area contributed by atoms with Crippen LogP contribution in [-0.4, -0.2) is 28.5 Å². The lowest BCUT2D eigenvalue weighted by Crippen LogP contribution is -2.46. The molecule has 0 unspecified atom stereocenters. The fraction of sp³-hybridized carbons (Fsp3) is 0.800. The minimum Gasteiger partial charge on any atom is -0.329 e. The van der Waals surface area contributed by atoms with Gasteiger partial charge in [0, 0.05) is 12.3 Å². The zero-order valence-corrected chi connectivity index (χ0v) is 5.28. The molecule has 0 aliphatic carbocycles. The quantitative estimate of drug-likeness (QED) is 0.438. The van der Waals surface area contributed by atoms with E-state index >= 15 is 0 Å². The molecule has 1 amide bonds. The van der Waals surface area contributed by atoms with Crippen molar-refractivity contribution in [2.75, 3.05) is 12.3 Å². The van der Waals surface area contributed by atoms with Gasteiger partial charge in [-0.05, 0) is 0 Å². The number of nitrogens with zero attached hydrogens (tertiary/aromatic N) is 1. The molecule has 8 heavy (non-hydrogen) atoms. The van der Waals surface area contributed by atoms with E-state index in [0.717, 1.165) is 18.7 Å². The van der Waals surface area contributed by atoms with Gasteiger partial charge in [-0.3, -0.25) is 4.79 Å². The fourth-order valence-electron chi connectivity index (χ4n) is 1.13. The highest BCUT2D eigenvalue weighted by Crippen LogP contribution is 2.34. The van der Waals surface area contributed by atoms with Gasteiger partial charge in [0.15, 0.2) is 0 Å². The predicted octanol–water partition coefficient (Wildman–Crippen LogP) is 0.292. The maximum absolute atomic E-state index is 10.6. The molecule has 0 spiro atoms. The Hall–Kier alpha value is -0.180. The van der Waals surface area contributed by atoms with Crippen LogP contribution in [0.5, 0.6) is 0 Å². The van der Waals surface area contributed by atoms with Crippen molar-refractivity contribution in [1.29, 1.82) is 0 Å². The van der Waals surface area contributed by atoms with Gasteiger partial charge in [-0.15, -0.1) is 11.8 Å². The standard InChI is InChI=1S/C5H7NOS/c7-4-3-5-6(4)1-2-8-5/h5H,1-3H2/t5-/m1/s1. The number of amides is 1. The number of hydrogen-bond acceptors (Lipinski definition) is 2. The molecule has 0 aromatic heterocycles. The van der Waals surface area contributed by atoms with Crippen molar-refractivity contribution in [1.82, 2.24) is 4.90 Å². The van der Waals surface area contributed by atoms with E-state index in [0.29, 0.717) is 11.3 Å². The molecule has 2 aliphatic heterocycles. The second-order valence-electron chi connectivity index (χ2n) is 2.12. The molecule has 0 N–H and O–H groups in total. The molecule has 2 heterocycles. The van der Waals surface area contributed by atoms with Gasteiger partial charge in [0.2, 0.25) is 5.91 Å². The highest BCUT2D eigenvalue weighted by molar-refractivity contribution is 8.00. The fourth-order valence-corrected chi connectivity index (χ4v) is 2.37. The van der Waals surface area contributed by atoms with E-state index in [9.17, 15) is 4.79 Å². The number of β-lactam (4-membered cyclic amide) rings is 1. The first-order valence-corrected chi connectivity index (χ1v) is 3.84. The summed E-state index contributed by atoms with van der Waals surface area (Å²) < 4.78 is 0. The summed E-state index contributed by atoms with van der Waals surface area (Å²) in [5.41, 5.74) is 0. The van der Waals surface area contributed by atoms with Crippen LogP contribution in [0, 0.1) is 0 Å². The molecule has 2 rings (SSSR count). The van der Waals surface area contributed by atoms with Gasteiger partial charge in [0.05, 0.1) is 11.8 Å². The second-order valence-corrected chi connectivity index (χ2v) is 3.40. The second kappa shape index (κ2) is 1.41.